The number of nitrogens with one attached hydrogen (secondary N) is 2. The summed E-state index contributed by atoms with van der Waals surface area (Å²) in [5.41, 5.74) is 0.535. The van der Waals surface area contributed by atoms with Crippen LogP contribution in [0, 0.1) is 0 Å². The molecule has 2 aliphatic heterocycles. The average Bonchev–Trinajstić information content (AvgIpc) is 3.27. The number of thiophene rings is 1. The average molecular weight is 610 g/mol. The third-order valence-electron chi connectivity index (χ3n) is 6.09. The minimum atomic E-state index is -4.89. The summed E-state index contributed by atoms with van der Waals surface area (Å²) in [7, 11) is -1.91. The van der Waals surface area contributed by atoms with Gasteiger partial charge >= 0.3 is 12.4 Å². The van der Waals surface area contributed by atoms with E-state index in [9.17, 15) is 35.3 Å². The van der Waals surface area contributed by atoms with Crippen LogP contribution in [0.25, 0.3) is 10.6 Å². The summed E-state index contributed by atoms with van der Waals surface area (Å²) in [6.45, 7) is -0.602. The van der Waals surface area contributed by atoms with Crippen molar-refractivity contribution in [2.45, 2.75) is 30.2 Å². The molecule has 0 spiro atoms. The maximum Gasteiger partial charge on any atom is 0.420 e. The van der Waals surface area contributed by atoms with E-state index in [1.54, 1.807) is 12.1 Å². The fourth-order valence-electron chi connectivity index (χ4n) is 4.28. The van der Waals surface area contributed by atoms with Crippen LogP contribution in [0.3, 0.4) is 0 Å². The maximum atomic E-state index is 13.9. The van der Waals surface area contributed by atoms with Crippen LogP contribution < -0.4 is 10.6 Å². The number of nitrogens with zero attached hydrogens (tertiary/aromatic N) is 3. The van der Waals surface area contributed by atoms with Gasteiger partial charge in [0.25, 0.3) is 5.91 Å². The summed E-state index contributed by atoms with van der Waals surface area (Å²) in [5, 5.41) is 6.35. The Labute approximate surface area is 229 Å². The number of rotatable bonds is 4. The SMILES string of the molecule is O=C1c2sc(-c3nc(Nc4cc5c(cc4Cl)CNCC5)ncc3C(F)(F)F)cc2S(=O)CCN1CC(F)(F)F. The van der Waals surface area contributed by atoms with Crippen molar-refractivity contribution in [3.05, 3.63) is 51.0 Å². The Morgan fingerprint density at radius 3 is 2.64 bits per heavy atom. The van der Waals surface area contributed by atoms with E-state index in [0.29, 0.717) is 39.7 Å². The third kappa shape index (κ3) is 5.90. The third-order valence-corrected chi connectivity index (χ3v) is 9.03. The number of halogens is 7. The van der Waals surface area contributed by atoms with Crippen molar-refractivity contribution < 1.29 is 35.3 Å². The minimum absolute atomic E-state index is 0.128. The predicted molar refractivity (Wildman–Crippen MR) is 134 cm³/mol. The van der Waals surface area contributed by atoms with Gasteiger partial charge in [0.15, 0.2) is 0 Å². The summed E-state index contributed by atoms with van der Waals surface area (Å²) in [5.74, 6) is -1.57. The molecule has 1 amide bonds. The lowest BCUT2D eigenvalue weighted by atomic mass is 10.0. The van der Waals surface area contributed by atoms with Crippen LogP contribution in [-0.2, 0) is 29.9 Å². The smallest absolute Gasteiger partial charge is 0.328 e. The first-order valence-electron chi connectivity index (χ1n) is 11.4. The van der Waals surface area contributed by atoms with E-state index >= 15 is 0 Å². The highest BCUT2D eigenvalue weighted by atomic mass is 35.5. The van der Waals surface area contributed by atoms with Gasteiger partial charge in [-0.2, -0.15) is 26.3 Å². The molecule has 0 saturated carbocycles. The van der Waals surface area contributed by atoms with Gasteiger partial charge in [-0.25, -0.2) is 9.97 Å². The highest BCUT2D eigenvalue weighted by Crippen LogP contribution is 2.42. The van der Waals surface area contributed by atoms with E-state index in [1.807, 2.05) is 0 Å². The molecule has 2 aromatic heterocycles. The minimum Gasteiger partial charge on any atom is -0.328 e. The Balaban J connectivity index is 1.55. The van der Waals surface area contributed by atoms with Crippen molar-refractivity contribution >= 4 is 51.3 Å². The molecular formula is C23H18ClF6N5O2S2. The molecule has 0 saturated heterocycles. The molecule has 1 aromatic carbocycles. The number of hydrogen-bond acceptors (Lipinski definition) is 7. The monoisotopic (exact) mass is 609 g/mol. The Morgan fingerprint density at radius 1 is 1.15 bits per heavy atom. The highest BCUT2D eigenvalue weighted by Gasteiger charge is 2.39. The summed E-state index contributed by atoms with van der Waals surface area (Å²) in [6, 6.07) is 4.62. The van der Waals surface area contributed by atoms with Crippen LogP contribution in [0.2, 0.25) is 5.02 Å². The molecule has 0 fully saturated rings. The van der Waals surface area contributed by atoms with Gasteiger partial charge < -0.3 is 15.5 Å². The predicted octanol–water partition coefficient (Wildman–Crippen LogP) is 5.39. The summed E-state index contributed by atoms with van der Waals surface area (Å²) in [4.78, 5) is 20.6. The zero-order valence-corrected chi connectivity index (χ0v) is 22.1. The number of hydrogen-bond donors (Lipinski definition) is 2. The topological polar surface area (TPSA) is 87.2 Å². The maximum absolute atomic E-state index is 13.9. The van der Waals surface area contributed by atoms with Gasteiger partial charge in [-0.3, -0.25) is 9.00 Å². The van der Waals surface area contributed by atoms with E-state index in [2.05, 4.69) is 20.6 Å². The highest BCUT2D eigenvalue weighted by molar-refractivity contribution is 7.85. The quantitative estimate of drug-likeness (QED) is 0.386. The van der Waals surface area contributed by atoms with Crippen molar-refractivity contribution in [3.8, 4) is 10.6 Å². The number of aromatic nitrogens is 2. The number of benzene rings is 1. The largest absolute Gasteiger partial charge is 0.420 e. The van der Waals surface area contributed by atoms with E-state index < -0.39 is 53.4 Å². The molecule has 1 unspecified atom stereocenters. The van der Waals surface area contributed by atoms with Crippen molar-refractivity contribution in [1.29, 1.82) is 0 Å². The van der Waals surface area contributed by atoms with Crippen molar-refractivity contribution in [2.75, 3.05) is 30.7 Å². The number of alkyl halides is 6. The van der Waals surface area contributed by atoms with Gasteiger partial charge in [0.1, 0.15) is 17.0 Å². The van der Waals surface area contributed by atoms with Gasteiger partial charge in [-0.15, -0.1) is 11.3 Å². The van der Waals surface area contributed by atoms with Crippen LogP contribution in [-0.4, -0.2) is 56.5 Å². The fraction of sp³-hybridized carbons (Fsp3) is 0.348. The van der Waals surface area contributed by atoms with Crippen molar-refractivity contribution in [3.63, 3.8) is 0 Å². The molecule has 2 N–H and O–H groups in total. The summed E-state index contributed by atoms with van der Waals surface area (Å²) in [6.07, 6.45) is -8.30. The second-order valence-electron chi connectivity index (χ2n) is 8.80. The Bertz CT molecular complexity index is 1480. The van der Waals surface area contributed by atoms with Crippen LogP contribution in [0.1, 0.15) is 26.4 Å². The number of fused-ring (bicyclic) bond motifs is 2. The van der Waals surface area contributed by atoms with Gasteiger partial charge in [0, 0.05) is 25.0 Å². The lowest BCUT2D eigenvalue weighted by molar-refractivity contribution is -0.140. The van der Waals surface area contributed by atoms with E-state index in [0.717, 1.165) is 30.2 Å². The lowest BCUT2D eigenvalue weighted by Crippen LogP contribution is -2.39. The second kappa shape index (κ2) is 10.3. The van der Waals surface area contributed by atoms with Gasteiger partial charge in [0.05, 0.1) is 37.0 Å². The standard InChI is InChI=1S/C23H18ClF6N5O2S2/c24-14-5-12-8-31-2-1-11(12)6-15(14)33-21-32-9-13(23(28,29)30)18(34-21)16-7-17-19(38-16)20(36)35(3-4-39(17)37)10-22(25,26)27/h5-7,9,31H,1-4,8,10H2,(H,32,33,34). The molecule has 1 atom stereocenters. The first-order chi connectivity index (χ1) is 18.3. The molecule has 4 heterocycles. The first kappa shape index (κ1) is 27.8. The van der Waals surface area contributed by atoms with Gasteiger partial charge in [0.2, 0.25) is 5.95 Å². The van der Waals surface area contributed by atoms with Crippen molar-refractivity contribution in [2.24, 2.45) is 0 Å². The lowest BCUT2D eigenvalue weighted by Gasteiger charge is -2.21. The molecule has 0 radical (unpaired) electrons. The molecule has 0 aliphatic carbocycles. The number of carbonyl (C=O) groups excluding carboxylic acids is 1. The normalized spacial score (nSPS) is 18.0. The van der Waals surface area contributed by atoms with Crippen LogP contribution >= 0.6 is 22.9 Å². The molecule has 0 bridgehead atoms. The van der Waals surface area contributed by atoms with Crippen LogP contribution in [0.5, 0.6) is 0 Å². The Kier molecular flexibility index (Phi) is 7.37. The summed E-state index contributed by atoms with van der Waals surface area (Å²) < 4.78 is 93.4. The summed E-state index contributed by atoms with van der Waals surface area (Å²) >= 11 is 6.88. The van der Waals surface area contributed by atoms with E-state index in [4.69, 9.17) is 11.6 Å². The molecule has 208 valence electrons. The Hall–Kier alpha value is -2.75. The molecular weight excluding hydrogens is 592 g/mol. The van der Waals surface area contributed by atoms with E-state index in [1.165, 1.54) is 0 Å². The molecule has 39 heavy (non-hydrogen) atoms. The first-order valence-corrected chi connectivity index (χ1v) is 13.9. The van der Waals surface area contributed by atoms with Crippen LogP contribution in [0.4, 0.5) is 38.0 Å². The molecule has 5 rings (SSSR count). The molecule has 7 nitrogen and oxygen atoms in total. The molecule has 2 aliphatic rings. The van der Waals surface area contributed by atoms with Crippen LogP contribution in [0.15, 0.2) is 29.3 Å². The van der Waals surface area contributed by atoms with Crippen molar-refractivity contribution in [1.82, 2.24) is 20.2 Å². The number of amides is 1. The van der Waals surface area contributed by atoms with Gasteiger partial charge in [-0.05, 0) is 42.3 Å². The second-order valence-corrected chi connectivity index (χ2v) is 11.8. The Morgan fingerprint density at radius 2 is 1.92 bits per heavy atom. The van der Waals surface area contributed by atoms with Gasteiger partial charge in [-0.1, -0.05) is 11.6 Å². The fourth-order valence-corrected chi connectivity index (χ4v) is 7.17. The molecule has 16 heteroatoms. The zero-order valence-electron chi connectivity index (χ0n) is 19.7. The molecule has 3 aromatic rings. The zero-order chi connectivity index (χ0) is 28.1. The number of anilines is 2. The number of carbonyl (C=O) groups is 1. The van der Waals surface area contributed by atoms with E-state index in [-0.39, 0.29) is 26.4 Å².